The zero-order chi connectivity index (χ0) is 14.5. The number of likely N-dealkylation sites (N-methyl/N-ethyl adjacent to an activating group) is 1. The molecule has 110 valence electrons. The highest BCUT2D eigenvalue weighted by atomic mass is 79.9. The van der Waals surface area contributed by atoms with Gasteiger partial charge >= 0.3 is 0 Å². The number of hydrogen-bond donors (Lipinski definition) is 2. The monoisotopic (exact) mass is 340 g/mol. The predicted octanol–water partition coefficient (Wildman–Crippen LogP) is 0.889. The maximum absolute atomic E-state index is 11.6. The fourth-order valence-corrected chi connectivity index (χ4v) is 2.97. The number of hydrogen-bond acceptors (Lipinski definition) is 4. The van der Waals surface area contributed by atoms with Crippen LogP contribution in [0.5, 0.6) is 0 Å². The third kappa shape index (κ3) is 3.71. The van der Waals surface area contributed by atoms with Crippen LogP contribution >= 0.6 is 15.9 Å². The number of nitrogens with zero attached hydrogens (tertiary/aromatic N) is 2. The average molecular weight is 341 g/mol. The summed E-state index contributed by atoms with van der Waals surface area (Å²) >= 11 is 3.40. The van der Waals surface area contributed by atoms with Crippen LogP contribution in [0.25, 0.3) is 0 Å². The number of rotatable bonds is 5. The van der Waals surface area contributed by atoms with Gasteiger partial charge < -0.3 is 16.0 Å². The Kier molecular flexibility index (Phi) is 5.39. The molecule has 1 aromatic carbocycles. The lowest BCUT2D eigenvalue weighted by Crippen LogP contribution is -2.46. The first-order valence-corrected chi connectivity index (χ1v) is 7.61. The fraction of sp³-hybridized carbons (Fsp3) is 0.500. The van der Waals surface area contributed by atoms with E-state index < -0.39 is 5.91 Å². The van der Waals surface area contributed by atoms with Crippen molar-refractivity contribution >= 4 is 27.5 Å². The number of piperazine rings is 1. The van der Waals surface area contributed by atoms with E-state index in [-0.39, 0.29) is 0 Å². The highest BCUT2D eigenvalue weighted by Crippen LogP contribution is 2.26. The molecule has 6 heteroatoms. The van der Waals surface area contributed by atoms with Crippen molar-refractivity contribution in [2.75, 3.05) is 51.2 Å². The van der Waals surface area contributed by atoms with Crippen molar-refractivity contribution in [3.63, 3.8) is 0 Å². The third-order valence-electron chi connectivity index (χ3n) is 3.61. The van der Waals surface area contributed by atoms with Gasteiger partial charge in [-0.3, -0.25) is 9.69 Å². The van der Waals surface area contributed by atoms with Gasteiger partial charge in [0.1, 0.15) is 0 Å². The minimum Gasteiger partial charge on any atom is -0.373 e. The molecular weight excluding hydrogens is 320 g/mol. The topological polar surface area (TPSA) is 61.6 Å². The second-order valence-electron chi connectivity index (χ2n) is 5.01. The number of benzene rings is 1. The fourth-order valence-electron chi connectivity index (χ4n) is 2.42. The van der Waals surface area contributed by atoms with E-state index in [9.17, 15) is 4.79 Å². The average Bonchev–Trinajstić information content (AvgIpc) is 2.45. The molecule has 0 radical (unpaired) electrons. The number of halogens is 1. The van der Waals surface area contributed by atoms with Crippen molar-refractivity contribution in [1.82, 2.24) is 10.2 Å². The summed E-state index contributed by atoms with van der Waals surface area (Å²) < 4.78 is 0.747. The Hall–Kier alpha value is -1.11. The maximum atomic E-state index is 11.6. The Balaban J connectivity index is 2.03. The Labute approximate surface area is 128 Å². The van der Waals surface area contributed by atoms with Crippen molar-refractivity contribution in [3.05, 3.63) is 28.2 Å². The molecule has 0 bridgehead atoms. The molecule has 3 N–H and O–H groups in total. The zero-order valence-corrected chi connectivity index (χ0v) is 13.3. The molecule has 0 saturated carbocycles. The van der Waals surface area contributed by atoms with Crippen molar-refractivity contribution in [2.24, 2.45) is 5.73 Å². The van der Waals surface area contributed by atoms with Gasteiger partial charge in [-0.05, 0) is 28.1 Å². The van der Waals surface area contributed by atoms with E-state index in [0.717, 1.165) is 49.4 Å². The smallest absolute Gasteiger partial charge is 0.251 e. The molecule has 1 aliphatic heterocycles. The molecular formula is C14H21BrN4O. The highest BCUT2D eigenvalue weighted by molar-refractivity contribution is 9.10. The summed E-state index contributed by atoms with van der Waals surface area (Å²) in [6, 6.07) is 5.70. The normalized spacial score (nSPS) is 16.1. The lowest BCUT2D eigenvalue weighted by Gasteiger charge is -2.30. The standard InChI is InChI=1S/C14H21BrN4O/c1-18(9-10-19-7-5-17-6-8-19)12-4-2-3-11(15)13(12)14(16)20/h2-4,17H,5-10H2,1H3,(H2,16,20). The minimum absolute atomic E-state index is 0.401. The summed E-state index contributed by atoms with van der Waals surface area (Å²) in [6.07, 6.45) is 0. The van der Waals surface area contributed by atoms with E-state index in [2.05, 4.69) is 31.0 Å². The van der Waals surface area contributed by atoms with Crippen molar-refractivity contribution in [3.8, 4) is 0 Å². The van der Waals surface area contributed by atoms with Crippen LogP contribution in [-0.4, -0.2) is 57.1 Å². The molecule has 5 nitrogen and oxygen atoms in total. The SMILES string of the molecule is CN(CCN1CCNCC1)c1cccc(Br)c1C(N)=O. The van der Waals surface area contributed by atoms with Gasteiger partial charge in [-0.2, -0.15) is 0 Å². The van der Waals surface area contributed by atoms with Crippen LogP contribution in [0.2, 0.25) is 0 Å². The van der Waals surface area contributed by atoms with Crippen molar-refractivity contribution < 1.29 is 4.79 Å². The number of amides is 1. The first-order chi connectivity index (χ1) is 9.59. The molecule has 1 amide bonds. The third-order valence-corrected chi connectivity index (χ3v) is 4.27. The van der Waals surface area contributed by atoms with E-state index in [0.29, 0.717) is 5.56 Å². The largest absolute Gasteiger partial charge is 0.373 e. The molecule has 1 fully saturated rings. The van der Waals surface area contributed by atoms with Gasteiger partial charge in [-0.15, -0.1) is 0 Å². The Bertz CT molecular complexity index is 474. The predicted molar refractivity (Wildman–Crippen MR) is 85.2 cm³/mol. The maximum Gasteiger partial charge on any atom is 0.251 e. The molecule has 20 heavy (non-hydrogen) atoms. The van der Waals surface area contributed by atoms with E-state index in [1.165, 1.54) is 0 Å². The molecule has 0 atom stereocenters. The van der Waals surface area contributed by atoms with Crippen LogP contribution in [0.3, 0.4) is 0 Å². The number of primary amides is 1. The molecule has 1 saturated heterocycles. The van der Waals surface area contributed by atoms with Crippen LogP contribution in [0.15, 0.2) is 22.7 Å². The second-order valence-corrected chi connectivity index (χ2v) is 5.87. The van der Waals surface area contributed by atoms with Crippen LogP contribution in [0, 0.1) is 0 Å². The Morgan fingerprint density at radius 2 is 2.15 bits per heavy atom. The van der Waals surface area contributed by atoms with Gasteiger partial charge in [0.05, 0.1) is 11.3 Å². The van der Waals surface area contributed by atoms with Gasteiger partial charge in [-0.1, -0.05) is 6.07 Å². The molecule has 0 aromatic heterocycles. The first kappa shape index (κ1) is 15.3. The Morgan fingerprint density at radius 1 is 1.45 bits per heavy atom. The van der Waals surface area contributed by atoms with Gasteiger partial charge in [0.2, 0.25) is 0 Å². The van der Waals surface area contributed by atoms with E-state index in [1.807, 2.05) is 25.2 Å². The van der Waals surface area contributed by atoms with Crippen LogP contribution < -0.4 is 16.0 Å². The highest BCUT2D eigenvalue weighted by Gasteiger charge is 2.16. The molecule has 1 heterocycles. The molecule has 0 aliphatic carbocycles. The summed E-state index contributed by atoms with van der Waals surface area (Å²) in [6.45, 7) is 6.11. The summed E-state index contributed by atoms with van der Waals surface area (Å²) in [5.74, 6) is -0.401. The number of carbonyl (C=O) groups excluding carboxylic acids is 1. The first-order valence-electron chi connectivity index (χ1n) is 6.82. The summed E-state index contributed by atoms with van der Waals surface area (Å²) in [5.41, 5.74) is 6.91. The summed E-state index contributed by atoms with van der Waals surface area (Å²) in [4.78, 5) is 16.1. The lowest BCUT2D eigenvalue weighted by atomic mass is 10.1. The van der Waals surface area contributed by atoms with Gasteiger partial charge in [0, 0.05) is 50.8 Å². The zero-order valence-electron chi connectivity index (χ0n) is 11.7. The van der Waals surface area contributed by atoms with Crippen LogP contribution in [0.1, 0.15) is 10.4 Å². The van der Waals surface area contributed by atoms with Gasteiger partial charge in [-0.25, -0.2) is 0 Å². The van der Waals surface area contributed by atoms with Crippen molar-refractivity contribution in [2.45, 2.75) is 0 Å². The number of nitrogens with two attached hydrogens (primary N) is 1. The van der Waals surface area contributed by atoms with E-state index in [1.54, 1.807) is 0 Å². The van der Waals surface area contributed by atoms with E-state index >= 15 is 0 Å². The van der Waals surface area contributed by atoms with Crippen molar-refractivity contribution in [1.29, 1.82) is 0 Å². The number of anilines is 1. The van der Waals surface area contributed by atoms with Crippen LogP contribution in [0.4, 0.5) is 5.69 Å². The molecule has 1 aromatic rings. The quantitative estimate of drug-likeness (QED) is 0.835. The van der Waals surface area contributed by atoms with Gasteiger partial charge in [0.25, 0.3) is 5.91 Å². The number of carbonyl (C=O) groups is 1. The lowest BCUT2D eigenvalue weighted by molar-refractivity contribution is 0.1000. The second kappa shape index (κ2) is 7.06. The Morgan fingerprint density at radius 3 is 2.80 bits per heavy atom. The van der Waals surface area contributed by atoms with E-state index in [4.69, 9.17) is 5.73 Å². The molecule has 1 aliphatic rings. The molecule has 2 rings (SSSR count). The van der Waals surface area contributed by atoms with Crippen LogP contribution in [-0.2, 0) is 0 Å². The van der Waals surface area contributed by atoms with Gasteiger partial charge in [0.15, 0.2) is 0 Å². The summed E-state index contributed by atoms with van der Waals surface area (Å²) in [5, 5.41) is 3.34. The molecule has 0 spiro atoms. The number of nitrogens with one attached hydrogen (secondary N) is 1. The molecule has 0 unspecified atom stereocenters. The summed E-state index contributed by atoms with van der Waals surface area (Å²) in [7, 11) is 2.00. The minimum atomic E-state index is -0.401.